The lowest BCUT2D eigenvalue weighted by molar-refractivity contribution is -0.844. The smallest absolute Gasteiger partial charge is 0.306 e. The lowest BCUT2D eigenvalue weighted by Crippen LogP contribution is -2.48. The van der Waals surface area contributed by atoms with E-state index in [0.29, 0.717) is 19.4 Å². The predicted molar refractivity (Wildman–Crippen MR) is 111 cm³/mol. The van der Waals surface area contributed by atoms with E-state index in [1.54, 1.807) is 21.0 Å². The van der Waals surface area contributed by atoms with Gasteiger partial charge in [-0.1, -0.05) is 74.5 Å². The Morgan fingerprint density at radius 2 is 1.59 bits per heavy atom. The maximum absolute atomic E-state index is 12.4. The highest BCUT2D eigenvalue weighted by Gasteiger charge is 2.43. The van der Waals surface area contributed by atoms with Crippen LogP contribution in [0, 0.1) is 11.1 Å². The number of ether oxygens (including phenoxy) is 1. The Hall–Kier alpha value is -1.88. The molecule has 0 aliphatic heterocycles. The van der Waals surface area contributed by atoms with Crippen molar-refractivity contribution >= 4 is 18.4 Å². The standard InChI is InChI=1S/C22H29NO3.ClH/c1-5-21(24)26-22(18(2)17-23(3,4)25,20-14-10-7-11-15-20)16-19-12-8-6-9-13-19;/h6-15,18H,5,16-17H2,1-4H3;1H. The summed E-state index contributed by atoms with van der Waals surface area (Å²) in [7, 11) is 3.24. The molecule has 5 heteroatoms. The molecule has 0 N–H and O–H groups in total. The van der Waals surface area contributed by atoms with Crippen LogP contribution in [0.1, 0.15) is 31.4 Å². The van der Waals surface area contributed by atoms with Crippen LogP contribution in [0.2, 0.25) is 0 Å². The largest absolute Gasteiger partial charge is 0.633 e. The number of hydroxylamine groups is 3. The summed E-state index contributed by atoms with van der Waals surface area (Å²) < 4.78 is 5.66. The Bertz CT molecular complexity index is 701. The molecule has 0 saturated carbocycles. The molecule has 0 aliphatic carbocycles. The zero-order valence-electron chi connectivity index (χ0n) is 16.6. The van der Waals surface area contributed by atoms with Crippen molar-refractivity contribution in [2.75, 3.05) is 20.6 Å². The van der Waals surface area contributed by atoms with Gasteiger partial charge in [0.25, 0.3) is 0 Å². The van der Waals surface area contributed by atoms with Gasteiger partial charge in [0, 0.05) is 12.8 Å². The van der Waals surface area contributed by atoms with Crippen LogP contribution in [0.25, 0.3) is 0 Å². The quantitative estimate of drug-likeness (QED) is 0.372. The number of quaternary nitrogens is 1. The highest BCUT2D eigenvalue weighted by molar-refractivity contribution is 5.85. The molecule has 2 aromatic rings. The van der Waals surface area contributed by atoms with Gasteiger partial charge in [-0.05, 0) is 11.1 Å². The van der Waals surface area contributed by atoms with E-state index in [9.17, 15) is 10.0 Å². The van der Waals surface area contributed by atoms with Crippen LogP contribution >= 0.6 is 12.4 Å². The fraction of sp³-hybridized carbons (Fsp3) is 0.409. The first-order valence-electron chi connectivity index (χ1n) is 9.12. The van der Waals surface area contributed by atoms with E-state index in [0.717, 1.165) is 11.1 Å². The van der Waals surface area contributed by atoms with Gasteiger partial charge in [-0.2, -0.15) is 0 Å². The SMILES string of the molecule is CCC(=O)OC(Cc1ccccc1)(c1ccccc1)C(C)C[N+](C)(C)[O-].Cl. The van der Waals surface area contributed by atoms with Crippen molar-refractivity contribution in [3.8, 4) is 0 Å². The lowest BCUT2D eigenvalue weighted by atomic mass is 9.77. The minimum atomic E-state index is -0.879. The van der Waals surface area contributed by atoms with Crippen LogP contribution in [0.15, 0.2) is 60.7 Å². The van der Waals surface area contributed by atoms with E-state index in [4.69, 9.17) is 4.74 Å². The van der Waals surface area contributed by atoms with Gasteiger partial charge in [0.2, 0.25) is 0 Å². The molecule has 0 radical (unpaired) electrons. The molecule has 0 spiro atoms. The first kappa shape index (κ1) is 23.2. The first-order valence-corrected chi connectivity index (χ1v) is 9.12. The molecule has 27 heavy (non-hydrogen) atoms. The summed E-state index contributed by atoms with van der Waals surface area (Å²) in [5, 5.41) is 12.4. The summed E-state index contributed by atoms with van der Waals surface area (Å²) in [4.78, 5) is 12.4. The molecule has 0 aromatic heterocycles. The van der Waals surface area contributed by atoms with Crippen LogP contribution in [0.5, 0.6) is 0 Å². The zero-order valence-corrected chi connectivity index (χ0v) is 17.4. The van der Waals surface area contributed by atoms with E-state index >= 15 is 0 Å². The van der Waals surface area contributed by atoms with Crippen molar-refractivity contribution in [2.45, 2.75) is 32.3 Å². The molecule has 2 aromatic carbocycles. The first-order chi connectivity index (χ1) is 12.3. The van der Waals surface area contributed by atoms with E-state index in [2.05, 4.69) is 0 Å². The number of halogens is 1. The van der Waals surface area contributed by atoms with Gasteiger partial charge in [-0.3, -0.25) is 4.79 Å². The van der Waals surface area contributed by atoms with Crippen molar-refractivity contribution in [1.29, 1.82) is 0 Å². The number of carbonyl (C=O) groups is 1. The van der Waals surface area contributed by atoms with E-state index in [1.165, 1.54) is 0 Å². The fourth-order valence-corrected chi connectivity index (χ4v) is 3.46. The molecule has 0 heterocycles. The maximum Gasteiger partial charge on any atom is 0.306 e. The molecular weight excluding hydrogens is 362 g/mol. The molecule has 2 unspecified atom stereocenters. The number of hydrogen-bond donors (Lipinski definition) is 0. The van der Waals surface area contributed by atoms with Crippen LogP contribution < -0.4 is 0 Å². The summed E-state index contributed by atoms with van der Waals surface area (Å²) in [6.07, 6.45) is 0.830. The molecule has 0 saturated heterocycles. The molecule has 0 bridgehead atoms. The molecule has 0 amide bonds. The molecule has 4 nitrogen and oxygen atoms in total. The predicted octanol–water partition coefficient (Wildman–Crippen LogP) is 4.71. The summed E-state index contributed by atoms with van der Waals surface area (Å²) in [6, 6.07) is 19.8. The van der Waals surface area contributed by atoms with Crippen molar-refractivity contribution < 1.29 is 14.2 Å². The molecule has 2 atom stereocenters. The van der Waals surface area contributed by atoms with E-state index in [-0.39, 0.29) is 24.3 Å². The summed E-state index contributed by atoms with van der Waals surface area (Å²) >= 11 is 0. The lowest BCUT2D eigenvalue weighted by Gasteiger charge is -2.44. The second-order valence-electron chi connectivity index (χ2n) is 7.40. The maximum atomic E-state index is 12.4. The summed E-state index contributed by atoms with van der Waals surface area (Å²) in [5.41, 5.74) is 1.12. The average molecular weight is 392 g/mol. The van der Waals surface area contributed by atoms with Gasteiger partial charge in [0.1, 0.15) is 5.60 Å². The van der Waals surface area contributed by atoms with E-state index < -0.39 is 10.2 Å². The second-order valence-corrected chi connectivity index (χ2v) is 7.40. The van der Waals surface area contributed by atoms with Gasteiger partial charge in [-0.15, -0.1) is 12.4 Å². The Morgan fingerprint density at radius 3 is 2.07 bits per heavy atom. The number of hydrogen-bond acceptors (Lipinski definition) is 3. The van der Waals surface area contributed by atoms with Crippen LogP contribution in [0.4, 0.5) is 0 Å². The monoisotopic (exact) mass is 391 g/mol. The second kappa shape index (κ2) is 9.88. The average Bonchev–Trinajstić information content (AvgIpc) is 2.61. The summed E-state index contributed by atoms with van der Waals surface area (Å²) in [6.45, 7) is 4.13. The number of esters is 1. The third kappa shape index (κ3) is 6.35. The zero-order chi connectivity index (χ0) is 19.2. The molecule has 2 rings (SSSR count). The highest BCUT2D eigenvalue weighted by Crippen LogP contribution is 2.39. The third-order valence-corrected chi connectivity index (χ3v) is 4.67. The minimum absolute atomic E-state index is 0. The number of rotatable bonds is 8. The van der Waals surface area contributed by atoms with Crippen molar-refractivity contribution in [3.05, 3.63) is 77.0 Å². The van der Waals surface area contributed by atoms with Gasteiger partial charge >= 0.3 is 5.97 Å². The summed E-state index contributed by atoms with van der Waals surface area (Å²) in [5.74, 6) is -0.416. The van der Waals surface area contributed by atoms with Crippen molar-refractivity contribution in [1.82, 2.24) is 0 Å². The van der Waals surface area contributed by atoms with Crippen LogP contribution in [-0.2, 0) is 21.6 Å². The normalized spacial score (nSPS) is 14.6. The Kier molecular flexibility index (Phi) is 8.48. The van der Waals surface area contributed by atoms with Crippen LogP contribution in [0.3, 0.4) is 0 Å². The van der Waals surface area contributed by atoms with Gasteiger partial charge in [0.15, 0.2) is 0 Å². The minimum Gasteiger partial charge on any atom is -0.633 e. The Morgan fingerprint density at radius 1 is 1.07 bits per heavy atom. The Balaban J connectivity index is 0.00000364. The van der Waals surface area contributed by atoms with Gasteiger partial charge in [0.05, 0.1) is 26.6 Å². The van der Waals surface area contributed by atoms with Crippen LogP contribution in [-0.4, -0.2) is 31.3 Å². The van der Waals surface area contributed by atoms with E-state index in [1.807, 2.05) is 67.6 Å². The van der Waals surface area contributed by atoms with Gasteiger partial charge in [-0.25, -0.2) is 0 Å². The van der Waals surface area contributed by atoms with Gasteiger partial charge < -0.3 is 14.6 Å². The molecule has 0 fully saturated rings. The topological polar surface area (TPSA) is 49.4 Å². The molecular formula is C22H30ClNO3. The third-order valence-electron chi connectivity index (χ3n) is 4.67. The van der Waals surface area contributed by atoms with Crippen molar-refractivity contribution in [3.63, 3.8) is 0 Å². The molecule has 0 aliphatic rings. The van der Waals surface area contributed by atoms with Crippen molar-refractivity contribution in [2.24, 2.45) is 5.92 Å². The number of carbonyl (C=O) groups excluding carboxylic acids is 1. The molecule has 148 valence electrons. The number of nitrogens with zero attached hydrogens (tertiary/aromatic N) is 1. The highest BCUT2D eigenvalue weighted by atomic mass is 35.5. The number of benzene rings is 2. The Labute approximate surface area is 168 Å². The fourth-order valence-electron chi connectivity index (χ4n) is 3.46.